The Bertz CT molecular complexity index is 922. The zero-order chi connectivity index (χ0) is 18.5. The first kappa shape index (κ1) is 17.2. The van der Waals surface area contributed by atoms with Gasteiger partial charge in [0.05, 0.1) is 16.9 Å². The SMILES string of the molecule is CC(=O)N(Nc1ccc(-c2ccccc2)cc1)c1ccccc1C(=O)O. The summed E-state index contributed by atoms with van der Waals surface area (Å²) in [4.78, 5) is 23.5. The van der Waals surface area contributed by atoms with E-state index in [1.165, 1.54) is 18.0 Å². The summed E-state index contributed by atoms with van der Waals surface area (Å²) >= 11 is 0. The fraction of sp³-hybridized carbons (Fsp3) is 0.0476. The number of hydrogen-bond acceptors (Lipinski definition) is 3. The Morgan fingerprint density at radius 2 is 1.38 bits per heavy atom. The highest BCUT2D eigenvalue weighted by atomic mass is 16.4. The van der Waals surface area contributed by atoms with E-state index in [4.69, 9.17) is 0 Å². The quantitative estimate of drug-likeness (QED) is 0.671. The molecular formula is C21H18N2O3. The first-order valence-corrected chi connectivity index (χ1v) is 8.11. The van der Waals surface area contributed by atoms with Crippen molar-refractivity contribution in [1.82, 2.24) is 0 Å². The van der Waals surface area contributed by atoms with Crippen LogP contribution in [-0.4, -0.2) is 17.0 Å². The van der Waals surface area contributed by atoms with Gasteiger partial charge in [-0.05, 0) is 35.4 Å². The molecule has 0 atom stereocenters. The van der Waals surface area contributed by atoms with Gasteiger partial charge in [0.15, 0.2) is 0 Å². The van der Waals surface area contributed by atoms with Crippen molar-refractivity contribution in [3.05, 3.63) is 84.4 Å². The highest BCUT2D eigenvalue weighted by molar-refractivity contribution is 6.02. The maximum atomic E-state index is 12.1. The minimum Gasteiger partial charge on any atom is -0.478 e. The number of aromatic carboxylic acids is 1. The van der Waals surface area contributed by atoms with Gasteiger partial charge in [-0.2, -0.15) is 0 Å². The van der Waals surface area contributed by atoms with Crippen LogP contribution < -0.4 is 10.4 Å². The van der Waals surface area contributed by atoms with Crippen LogP contribution >= 0.6 is 0 Å². The molecule has 0 saturated heterocycles. The van der Waals surface area contributed by atoms with Crippen molar-refractivity contribution in [2.24, 2.45) is 0 Å². The van der Waals surface area contributed by atoms with Gasteiger partial charge in [0.2, 0.25) is 5.91 Å². The molecule has 0 radical (unpaired) electrons. The molecule has 0 unspecified atom stereocenters. The Hall–Kier alpha value is -3.60. The Morgan fingerprint density at radius 1 is 0.808 bits per heavy atom. The maximum Gasteiger partial charge on any atom is 0.337 e. The highest BCUT2D eigenvalue weighted by Crippen LogP contribution is 2.24. The zero-order valence-corrected chi connectivity index (χ0v) is 14.2. The number of carboxylic acid groups (broad SMARTS) is 1. The number of carboxylic acids is 1. The standard InChI is InChI=1S/C21H18N2O3/c1-15(24)23(20-10-6-5-9-19(20)21(25)26)22-18-13-11-17(12-14-18)16-7-3-2-4-8-16/h2-14,22H,1H3,(H,25,26). The van der Waals surface area contributed by atoms with Crippen LogP contribution in [0.3, 0.4) is 0 Å². The van der Waals surface area contributed by atoms with E-state index < -0.39 is 5.97 Å². The molecule has 0 heterocycles. The predicted octanol–water partition coefficient (Wildman–Crippen LogP) is 4.43. The summed E-state index contributed by atoms with van der Waals surface area (Å²) in [5.41, 5.74) is 6.16. The van der Waals surface area contributed by atoms with Gasteiger partial charge in [0, 0.05) is 6.92 Å². The first-order chi connectivity index (χ1) is 12.6. The monoisotopic (exact) mass is 346 g/mol. The second-order valence-corrected chi connectivity index (χ2v) is 5.73. The summed E-state index contributed by atoms with van der Waals surface area (Å²) in [5.74, 6) is -1.40. The largest absolute Gasteiger partial charge is 0.478 e. The minimum atomic E-state index is -1.09. The molecular weight excluding hydrogens is 328 g/mol. The van der Waals surface area contributed by atoms with E-state index in [0.29, 0.717) is 11.4 Å². The van der Waals surface area contributed by atoms with E-state index in [1.54, 1.807) is 18.2 Å². The number of para-hydroxylation sites is 1. The van der Waals surface area contributed by atoms with Crippen molar-refractivity contribution in [3.63, 3.8) is 0 Å². The van der Waals surface area contributed by atoms with Crippen LogP contribution in [0.5, 0.6) is 0 Å². The zero-order valence-electron chi connectivity index (χ0n) is 14.2. The molecule has 3 aromatic rings. The number of hydrazine groups is 1. The second kappa shape index (κ2) is 7.53. The molecule has 5 nitrogen and oxygen atoms in total. The Labute approximate surface area is 151 Å². The van der Waals surface area contributed by atoms with E-state index >= 15 is 0 Å². The lowest BCUT2D eigenvalue weighted by atomic mass is 10.1. The molecule has 0 aliphatic rings. The van der Waals surface area contributed by atoms with E-state index in [0.717, 1.165) is 11.1 Å². The van der Waals surface area contributed by atoms with E-state index in [9.17, 15) is 14.7 Å². The molecule has 0 aliphatic heterocycles. The first-order valence-electron chi connectivity index (χ1n) is 8.11. The number of amides is 1. The Morgan fingerprint density at radius 3 is 2.00 bits per heavy atom. The molecule has 130 valence electrons. The van der Waals surface area contributed by atoms with Crippen LogP contribution in [-0.2, 0) is 4.79 Å². The molecule has 26 heavy (non-hydrogen) atoms. The molecule has 0 aliphatic carbocycles. The average Bonchev–Trinajstić information content (AvgIpc) is 2.67. The van der Waals surface area contributed by atoms with Gasteiger partial charge in [0.25, 0.3) is 0 Å². The molecule has 3 rings (SSSR count). The van der Waals surface area contributed by atoms with Gasteiger partial charge in [-0.25, -0.2) is 9.80 Å². The van der Waals surface area contributed by atoms with Crippen LogP contribution in [0.15, 0.2) is 78.9 Å². The smallest absolute Gasteiger partial charge is 0.337 e. The van der Waals surface area contributed by atoms with E-state index in [2.05, 4.69) is 5.43 Å². The van der Waals surface area contributed by atoms with Crippen molar-refractivity contribution in [2.45, 2.75) is 6.92 Å². The number of nitrogens with one attached hydrogen (secondary N) is 1. The number of anilines is 2. The number of benzene rings is 3. The molecule has 3 aromatic carbocycles. The summed E-state index contributed by atoms with van der Waals surface area (Å²) in [6, 6.07) is 23.9. The Kier molecular flexibility index (Phi) is 4.99. The molecule has 0 saturated carbocycles. The van der Waals surface area contributed by atoms with Crippen LogP contribution in [0, 0.1) is 0 Å². The molecule has 2 N–H and O–H groups in total. The third-order valence-corrected chi connectivity index (χ3v) is 3.92. The van der Waals surface area contributed by atoms with Crippen LogP contribution in [0.2, 0.25) is 0 Å². The van der Waals surface area contributed by atoms with Gasteiger partial charge in [-0.3, -0.25) is 10.2 Å². The van der Waals surface area contributed by atoms with Gasteiger partial charge < -0.3 is 5.11 Å². The molecule has 0 spiro atoms. The molecule has 0 bridgehead atoms. The van der Waals surface area contributed by atoms with Gasteiger partial charge in [-0.1, -0.05) is 54.6 Å². The lowest BCUT2D eigenvalue weighted by molar-refractivity contribution is -0.116. The summed E-state index contributed by atoms with van der Waals surface area (Å²) in [6.45, 7) is 1.38. The van der Waals surface area contributed by atoms with Gasteiger partial charge in [-0.15, -0.1) is 0 Å². The lowest BCUT2D eigenvalue weighted by Crippen LogP contribution is -2.35. The van der Waals surface area contributed by atoms with Crippen LogP contribution in [0.25, 0.3) is 11.1 Å². The van der Waals surface area contributed by atoms with E-state index in [-0.39, 0.29) is 11.5 Å². The number of carbonyl (C=O) groups excluding carboxylic acids is 1. The van der Waals surface area contributed by atoms with Crippen LogP contribution in [0.4, 0.5) is 11.4 Å². The number of rotatable bonds is 5. The summed E-state index contributed by atoms with van der Waals surface area (Å²) in [6.07, 6.45) is 0. The van der Waals surface area contributed by atoms with Crippen molar-refractivity contribution < 1.29 is 14.7 Å². The van der Waals surface area contributed by atoms with Crippen LogP contribution in [0.1, 0.15) is 17.3 Å². The topological polar surface area (TPSA) is 69.6 Å². The third-order valence-electron chi connectivity index (χ3n) is 3.92. The maximum absolute atomic E-state index is 12.1. The Balaban J connectivity index is 1.88. The number of carbonyl (C=O) groups is 2. The lowest BCUT2D eigenvalue weighted by Gasteiger charge is -2.24. The van der Waals surface area contributed by atoms with Gasteiger partial charge in [0.1, 0.15) is 0 Å². The van der Waals surface area contributed by atoms with Crippen molar-refractivity contribution >= 4 is 23.3 Å². The third kappa shape index (κ3) is 3.72. The molecule has 5 heteroatoms. The number of nitrogens with zero attached hydrogens (tertiary/aromatic N) is 1. The summed E-state index contributed by atoms with van der Waals surface area (Å²) in [5, 5.41) is 10.6. The summed E-state index contributed by atoms with van der Waals surface area (Å²) in [7, 11) is 0. The normalized spacial score (nSPS) is 10.2. The number of hydrogen-bond donors (Lipinski definition) is 2. The predicted molar refractivity (Wildman–Crippen MR) is 102 cm³/mol. The van der Waals surface area contributed by atoms with E-state index in [1.807, 2.05) is 54.6 Å². The summed E-state index contributed by atoms with van der Waals surface area (Å²) < 4.78 is 0. The second-order valence-electron chi connectivity index (χ2n) is 5.73. The molecule has 0 aromatic heterocycles. The minimum absolute atomic E-state index is 0.0519. The van der Waals surface area contributed by atoms with Crippen molar-refractivity contribution in [2.75, 3.05) is 10.4 Å². The van der Waals surface area contributed by atoms with Gasteiger partial charge >= 0.3 is 5.97 Å². The fourth-order valence-corrected chi connectivity index (χ4v) is 2.65. The molecule has 0 fully saturated rings. The average molecular weight is 346 g/mol. The highest BCUT2D eigenvalue weighted by Gasteiger charge is 2.19. The molecule has 1 amide bonds. The van der Waals surface area contributed by atoms with Crippen molar-refractivity contribution in [1.29, 1.82) is 0 Å². The fourth-order valence-electron chi connectivity index (χ4n) is 2.65. The van der Waals surface area contributed by atoms with Crippen molar-refractivity contribution in [3.8, 4) is 11.1 Å².